The smallest absolute Gasteiger partial charge is 0.311 e. The van der Waals surface area contributed by atoms with E-state index in [1.165, 1.54) is 48.8 Å². The van der Waals surface area contributed by atoms with Crippen LogP contribution in [0.5, 0.6) is 0 Å². The van der Waals surface area contributed by atoms with Gasteiger partial charge in [-0.1, -0.05) is 33.4 Å². The molecule has 250 valence electrons. The average Bonchev–Trinajstić information content (AvgIpc) is 3.05. The van der Waals surface area contributed by atoms with Crippen LogP contribution in [0.25, 0.3) is 0 Å². The van der Waals surface area contributed by atoms with Gasteiger partial charge in [0.15, 0.2) is 0 Å². The topological polar surface area (TPSA) is 59.9 Å². The Morgan fingerprint density at radius 3 is 0.918 bits per heavy atom. The van der Waals surface area contributed by atoms with Crippen molar-refractivity contribution in [1.82, 2.24) is 9.97 Å². The van der Waals surface area contributed by atoms with E-state index in [4.69, 9.17) is 0 Å². The van der Waals surface area contributed by atoms with Gasteiger partial charge >= 0.3 is 21.1 Å². The third-order valence-corrected chi connectivity index (χ3v) is 12.3. The fourth-order valence-corrected chi connectivity index (χ4v) is 9.34. The molecule has 0 atom stereocenters. The third kappa shape index (κ3) is 7.67. The van der Waals surface area contributed by atoms with Crippen LogP contribution in [0.4, 0.5) is 35.1 Å². The molecule has 0 radical (unpaired) electrons. The predicted octanol–water partition coefficient (Wildman–Crippen LogP) is 5.75. The second kappa shape index (κ2) is 15.5. The van der Waals surface area contributed by atoms with Crippen molar-refractivity contribution in [3.63, 3.8) is 0 Å². The fraction of sp³-hybridized carbons (Fsp3) is 0. The van der Waals surface area contributed by atoms with Gasteiger partial charge in [-0.25, -0.2) is 0 Å². The maximum Gasteiger partial charge on any atom is 4.00 e. The summed E-state index contributed by atoms with van der Waals surface area (Å²) in [7, 11) is -8.39. The maximum atomic E-state index is 14.2. The van der Waals surface area contributed by atoms with Gasteiger partial charge in [0, 0.05) is 58.9 Å². The van der Waals surface area contributed by atoms with Gasteiger partial charge in [0.2, 0.25) is 0 Å². The summed E-state index contributed by atoms with van der Waals surface area (Å²) in [6, 6.07) is 22.9. The first-order valence-corrected chi connectivity index (χ1v) is 16.8. The van der Waals surface area contributed by atoms with Crippen LogP contribution in [-0.2, 0) is 30.2 Å². The summed E-state index contributed by atoms with van der Waals surface area (Å²) in [5.41, 5.74) is -0.290. The Hall–Kier alpha value is -4.23. The molecule has 0 saturated carbocycles. The first-order chi connectivity index (χ1) is 22.8. The fourth-order valence-electron chi connectivity index (χ4n) is 4.48. The molecule has 6 aromatic rings. The molecule has 0 aliphatic heterocycles. The minimum absolute atomic E-state index is 0. The first kappa shape index (κ1) is 37.6. The number of nitrogens with zero attached hydrogens (tertiary/aromatic N) is 2. The van der Waals surface area contributed by atoms with Gasteiger partial charge in [-0.2, -0.15) is 24.3 Å². The van der Waals surface area contributed by atoms with Crippen molar-refractivity contribution in [2.45, 2.75) is 0 Å². The van der Waals surface area contributed by atoms with Gasteiger partial charge < -0.3 is 9.13 Å². The van der Waals surface area contributed by atoms with Gasteiger partial charge in [0.05, 0.1) is 0 Å². The Morgan fingerprint density at radius 1 is 0.449 bits per heavy atom. The molecule has 0 unspecified atom stereocenters. The van der Waals surface area contributed by atoms with E-state index in [-0.39, 0.29) is 31.9 Å². The van der Waals surface area contributed by atoms with Crippen molar-refractivity contribution < 1.29 is 65.3 Å². The van der Waals surface area contributed by atoms with Crippen LogP contribution >= 0.6 is 14.3 Å². The van der Waals surface area contributed by atoms with Gasteiger partial charge in [0.25, 0.3) is 0 Å². The number of hydrogen-bond acceptors (Lipinski definition) is 4. The Labute approximate surface area is 288 Å². The Bertz CT molecular complexity index is 1950. The van der Waals surface area contributed by atoms with Crippen molar-refractivity contribution in [1.29, 1.82) is 0 Å². The van der Waals surface area contributed by atoms with Gasteiger partial charge in [-0.3, -0.25) is 45.1 Å². The van der Waals surface area contributed by atoms with Crippen LogP contribution in [0.3, 0.4) is 0 Å². The maximum absolute atomic E-state index is 14.2. The number of halogens is 8. The summed E-state index contributed by atoms with van der Waals surface area (Å²) in [5, 5.41) is -2.21. The molecule has 15 heteroatoms. The summed E-state index contributed by atoms with van der Waals surface area (Å²) in [4.78, 5) is 7.81. The van der Waals surface area contributed by atoms with Crippen molar-refractivity contribution in [3.8, 4) is 0 Å². The zero-order valence-corrected chi connectivity index (χ0v) is 28.2. The molecule has 4 nitrogen and oxygen atoms in total. The molecular weight excluding hydrogens is 877 g/mol. The minimum atomic E-state index is -4.20. The molecule has 0 aliphatic carbocycles. The molecular formula is C34H16F8N2O2P2Pt. The predicted molar refractivity (Wildman–Crippen MR) is 162 cm³/mol. The van der Waals surface area contributed by atoms with Crippen molar-refractivity contribution in [2.24, 2.45) is 0 Å². The largest absolute Gasteiger partial charge is 4.00 e. The Morgan fingerprint density at radius 2 is 0.714 bits per heavy atom. The van der Waals surface area contributed by atoms with Gasteiger partial charge in [-0.05, 0) is 24.3 Å². The molecule has 6 rings (SSSR count). The zero-order valence-electron chi connectivity index (χ0n) is 24.2. The van der Waals surface area contributed by atoms with E-state index in [1.54, 1.807) is 0 Å². The molecule has 0 aliphatic rings. The quantitative estimate of drug-likeness (QED) is 0.122. The molecule has 0 N–H and O–H groups in total. The van der Waals surface area contributed by atoms with E-state index in [0.29, 0.717) is 24.3 Å². The van der Waals surface area contributed by atoms with Crippen LogP contribution in [-0.4, -0.2) is 9.97 Å². The van der Waals surface area contributed by atoms with E-state index >= 15 is 0 Å². The average molecular weight is 894 g/mol. The van der Waals surface area contributed by atoms with Crippen molar-refractivity contribution >= 4 is 46.4 Å². The third-order valence-electron chi connectivity index (χ3n) is 6.55. The molecule has 2 aromatic heterocycles. The summed E-state index contributed by atoms with van der Waals surface area (Å²) >= 11 is 0. The van der Waals surface area contributed by atoms with Gasteiger partial charge in [0.1, 0.15) is 25.2 Å². The molecule has 2 heterocycles. The summed E-state index contributed by atoms with van der Waals surface area (Å²) in [6.45, 7) is 0. The zero-order chi connectivity index (χ0) is 34.6. The first-order valence-electron chi connectivity index (χ1n) is 13.4. The standard InChI is InChI=1S/2C17H8F4NOP.Pt/c2*18-11-4-6-15(13(20)9-11)24(23,17-3-1-2-8-22-17)16-7-5-12(19)10-14(16)21;/h2*1-5,8-10H;/q2*-2;+4. The number of hydrogen-bond donors (Lipinski definition) is 0. The van der Waals surface area contributed by atoms with Crippen molar-refractivity contribution in [2.75, 3.05) is 0 Å². The molecule has 0 bridgehead atoms. The van der Waals surface area contributed by atoms with E-state index in [9.17, 15) is 44.3 Å². The van der Waals surface area contributed by atoms with Crippen LogP contribution in [0.1, 0.15) is 0 Å². The monoisotopic (exact) mass is 893 g/mol. The molecule has 0 spiro atoms. The van der Waals surface area contributed by atoms with Gasteiger partial charge in [-0.15, -0.1) is 48.5 Å². The molecule has 0 saturated heterocycles. The second-order valence-corrected chi connectivity index (χ2v) is 14.8. The van der Waals surface area contributed by atoms with E-state index < -0.39 is 82.0 Å². The summed E-state index contributed by atoms with van der Waals surface area (Å²) < 4.78 is 137. The van der Waals surface area contributed by atoms with Crippen LogP contribution in [0.15, 0.2) is 97.3 Å². The van der Waals surface area contributed by atoms with E-state index in [2.05, 4.69) is 34.2 Å². The number of aromatic nitrogens is 2. The van der Waals surface area contributed by atoms with Crippen LogP contribution < -0.4 is 32.1 Å². The minimum Gasteiger partial charge on any atom is -0.311 e. The van der Waals surface area contributed by atoms with E-state index in [0.717, 1.165) is 24.3 Å². The Kier molecular flexibility index (Phi) is 11.9. The van der Waals surface area contributed by atoms with Crippen LogP contribution in [0, 0.1) is 70.8 Å². The SMILES string of the molecule is O=P(c1ccccn1)(c1[c-]cc(F)cc1F)c1[c-]cc(F)cc1F.O=P(c1ccccn1)(c1[c-]cc(F)cc1F)c1[c-]cc(F)cc1F.[Pt+4]. The molecule has 49 heavy (non-hydrogen) atoms. The number of benzene rings is 4. The normalized spacial score (nSPS) is 11.3. The number of pyridine rings is 2. The molecule has 4 aromatic carbocycles. The molecule has 0 fully saturated rings. The van der Waals surface area contributed by atoms with Crippen LogP contribution in [0.2, 0.25) is 0 Å². The van der Waals surface area contributed by atoms with E-state index in [1.807, 2.05) is 0 Å². The second-order valence-electron chi connectivity index (χ2n) is 9.65. The number of rotatable bonds is 6. The summed E-state index contributed by atoms with van der Waals surface area (Å²) in [6.07, 6.45) is 2.59. The molecule has 0 amide bonds. The summed E-state index contributed by atoms with van der Waals surface area (Å²) in [5.74, 6) is -8.36. The van der Waals surface area contributed by atoms with Crippen molar-refractivity contribution in [3.05, 3.63) is 168 Å². The Balaban J connectivity index is 0.000000216.